The van der Waals surface area contributed by atoms with E-state index in [0.29, 0.717) is 12.8 Å². The van der Waals surface area contributed by atoms with Crippen molar-refractivity contribution in [3.63, 3.8) is 0 Å². The topological polar surface area (TPSA) is 43.4 Å². The van der Waals surface area contributed by atoms with Gasteiger partial charge in [-0.3, -0.25) is 9.59 Å². The van der Waals surface area contributed by atoms with E-state index < -0.39 is 28.2 Å². The average molecular weight is 304 g/mol. The second-order valence-electron chi connectivity index (χ2n) is 7.92. The van der Waals surface area contributed by atoms with Crippen LogP contribution in [-0.4, -0.2) is 11.9 Å². The van der Waals surface area contributed by atoms with E-state index in [-0.39, 0.29) is 5.92 Å². The summed E-state index contributed by atoms with van der Waals surface area (Å²) in [6.45, 7) is 12.5. The molecule has 122 valence electrons. The Kier molecular flexibility index (Phi) is 6.46. The van der Waals surface area contributed by atoms with Crippen molar-refractivity contribution in [2.75, 3.05) is 0 Å². The van der Waals surface area contributed by atoms with Gasteiger partial charge in [-0.25, -0.2) is 0 Å². The zero-order valence-electron chi connectivity index (χ0n) is 14.9. The van der Waals surface area contributed by atoms with Gasteiger partial charge in [0.15, 0.2) is 0 Å². The van der Waals surface area contributed by atoms with Crippen LogP contribution in [0.15, 0.2) is 0 Å². The first kappa shape index (κ1) is 20.3. The Morgan fingerprint density at radius 3 is 1.86 bits per heavy atom. The van der Waals surface area contributed by atoms with Gasteiger partial charge in [0.2, 0.25) is 0 Å². The largest absolute Gasteiger partial charge is 0.392 e. The fraction of sp³-hybridized carbons (Fsp3) is 0.684. The lowest BCUT2D eigenvalue weighted by molar-refractivity contribution is -0.173. The smallest absolute Gasteiger partial charge is 0.319 e. The Morgan fingerprint density at radius 2 is 1.45 bits per heavy atom. The number of carbonyl (C=O) groups excluding carboxylic acids is 2. The molecule has 0 aromatic carbocycles. The molecule has 1 unspecified atom stereocenters. The number of hydrogen-bond acceptors (Lipinski definition) is 3. The van der Waals surface area contributed by atoms with Crippen LogP contribution >= 0.6 is 0 Å². The zero-order chi connectivity index (χ0) is 17.8. The van der Waals surface area contributed by atoms with E-state index in [1.54, 1.807) is 27.7 Å². The summed E-state index contributed by atoms with van der Waals surface area (Å²) in [5.41, 5.74) is -2.09. The standard InChI is InChI=1S/C19H28O3/c1-10-14(3)12-18(6,7)15(20)22-16(21)19(8,9)13-17(4,5)11-2/h1-2,14H,12-13H2,3-9H3. The van der Waals surface area contributed by atoms with Gasteiger partial charge < -0.3 is 4.74 Å². The quantitative estimate of drug-likeness (QED) is 0.426. The molecule has 0 saturated heterocycles. The van der Waals surface area contributed by atoms with Gasteiger partial charge in [0, 0.05) is 11.3 Å². The lowest BCUT2D eigenvalue weighted by Gasteiger charge is -2.31. The molecule has 3 nitrogen and oxygen atoms in total. The molecule has 0 amide bonds. The molecular weight excluding hydrogens is 276 g/mol. The van der Waals surface area contributed by atoms with Crippen LogP contribution in [0.5, 0.6) is 0 Å². The highest BCUT2D eigenvalue weighted by Crippen LogP contribution is 2.35. The molecule has 0 aliphatic rings. The molecule has 3 heteroatoms. The third-order valence-electron chi connectivity index (χ3n) is 3.67. The molecule has 0 radical (unpaired) electrons. The summed E-state index contributed by atoms with van der Waals surface area (Å²) in [6.07, 6.45) is 11.7. The monoisotopic (exact) mass is 304 g/mol. The third kappa shape index (κ3) is 5.94. The summed E-state index contributed by atoms with van der Waals surface area (Å²) in [5.74, 6) is 4.07. The predicted octanol–water partition coefficient (Wildman–Crippen LogP) is 3.82. The molecule has 22 heavy (non-hydrogen) atoms. The number of rotatable bonds is 6. The van der Waals surface area contributed by atoms with Crippen molar-refractivity contribution >= 4 is 11.9 Å². The van der Waals surface area contributed by atoms with Gasteiger partial charge in [-0.05, 0) is 54.4 Å². The molecule has 0 saturated carbocycles. The van der Waals surface area contributed by atoms with Gasteiger partial charge in [-0.1, -0.05) is 6.92 Å². The predicted molar refractivity (Wildman–Crippen MR) is 88.5 cm³/mol. The molecule has 0 fully saturated rings. The number of hydrogen-bond donors (Lipinski definition) is 0. The highest BCUT2D eigenvalue weighted by atomic mass is 16.6. The molecule has 0 spiro atoms. The molecule has 0 heterocycles. The van der Waals surface area contributed by atoms with Crippen LogP contribution in [0.4, 0.5) is 0 Å². The van der Waals surface area contributed by atoms with Gasteiger partial charge in [-0.2, -0.15) is 0 Å². The summed E-state index contributed by atoms with van der Waals surface area (Å²) in [6, 6.07) is 0. The molecule has 0 bridgehead atoms. The first-order chi connectivity index (χ1) is 9.77. The highest BCUT2D eigenvalue weighted by Gasteiger charge is 2.39. The van der Waals surface area contributed by atoms with Crippen molar-refractivity contribution in [3.05, 3.63) is 0 Å². The van der Waals surface area contributed by atoms with Crippen molar-refractivity contribution in [2.45, 2.75) is 61.3 Å². The Balaban J connectivity index is 4.95. The number of esters is 2. The molecule has 0 N–H and O–H groups in total. The van der Waals surface area contributed by atoms with Crippen LogP contribution < -0.4 is 0 Å². The van der Waals surface area contributed by atoms with Gasteiger partial charge in [0.05, 0.1) is 10.8 Å². The fourth-order valence-electron chi connectivity index (χ4n) is 2.50. The molecular formula is C19H28O3. The van der Waals surface area contributed by atoms with Crippen molar-refractivity contribution in [3.8, 4) is 24.7 Å². The van der Waals surface area contributed by atoms with E-state index >= 15 is 0 Å². The second kappa shape index (κ2) is 7.01. The molecule has 0 aliphatic carbocycles. The minimum absolute atomic E-state index is 0.0639. The second-order valence-corrected chi connectivity index (χ2v) is 7.92. The van der Waals surface area contributed by atoms with Crippen molar-refractivity contribution < 1.29 is 14.3 Å². The van der Waals surface area contributed by atoms with E-state index in [0.717, 1.165) is 0 Å². The molecule has 0 rings (SSSR count). The van der Waals surface area contributed by atoms with Crippen molar-refractivity contribution in [2.24, 2.45) is 22.2 Å². The van der Waals surface area contributed by atoms with Crippen LogP contribution in [0.25, 0.3) is 0 Å². The van der Waals surface area contributed by atoms with Gasteiger partial charge in [0.25, 0.3) is 0 Å². The first-order valence-corrected chi connectivity index (χ1v) is 7.48. The molecule has 0 aromatic heterocycles. The summed E-state index contributed by atoms with van der Waals surface area (Å²) in [4.78, 5) is 24.6. The third-order valence-corrected chi connectivity index (χ3v) is 3.67. The minimum Gasteiger partial charge on any atom is -0.392 e. The van der Waals surface area contributed by atoms with Crippen molar-refractivity contribution in [1.82, 2.24) is 0 Å². The summed E-state index contributed by atoms with van der Waals surface area (Å²) in [5, 5.41) is 0. The van der Waals surface area contributed by atoms with Crippen LogP contribution in [0.2, 0.25) is 0 Å². The van der Waals surface area contributed by atoms with Gasteiger partial charge in [0.1, 0.15) is 0 Å². The maximum Gasteiger partial charge on any atom is 0.319 e. The minimum atomic E-state index is -0.834. The molecule has 0 aromatic rings. The summed E-state index contributed by atoms with van der Waals surface area (Å²) in [7, 11) is 0. The lowest BCUT2D eigenvalue weighted by atomic mass is 9.75. The lowest BCUT2D eigenvalue weighted by Crippen LogP contribution is -2.37. The molecule has 1 atom stereocenters. The Bertz CT molecular complexity index is 510. The summed E-state index contributed by atoms with van der Waals surface area (Å²) < 4.78 is 5.10. The fourth-order valence-corrected chi connectivity index (χ4v) is 2.50. The van der Waals surface area contributed by atoms with E-state index in [4.69, 9.17) is 17.6 Å². The van der Waals surface area contributed by atoms with Crippen LogP contribution in [0.1, 0.15) is 61.3 Å². The zero-order valence-corrected chi connectivity index (χ0v) is 14.9. The Hall–Kier alpha value is -1.74. The average Bonchev–Trinajstić information content (AvgIpc) is 2.36. The first-order valence-electron chi connectivity index (χ1n) is 7.48. The van der Waals surface area contributed by atoms with E-state index in [1.165, 1.54) is 0 Å². The Labute approximate surface area is 135 Å². The maximum atomic E-state index is 12.3. The highest BCUT2D eigenvalue weighted by molar-refractivity contribution is 5.90. The number of terminal acetylenes is 2. The number of carbonyl (C=O) groups is 2. The van der Waals surface area contributed by atoms with E-state index in [9.17, 15) is 9.59 Å². The van der Waals surface area contributed by atoms with Gasteiger partial charge >= 0.3 is 11.9 Å². The van der Waals surface area contributed by atoms with Crippen molar-refractivity contribution in [1.29, 1.82) is 0 Å². The van der Waals surface area contributed by atoms with E-state index in [1.807, 2.05) is 20.8 Å². The molecule has 0 aliphatic heterocycles. The van der Waals surface area contributed by atoms with Crippen LogP contribution in [0.3, 0.4) is 0 Å². The summed E-state index contributed by atoms with van der Waals surface area (Å²) >= 11 is 0. The Morgan fingerprint density at radius 1 is 1.00 bits per heavy atom. The van der Waals surface area contributed by atoms with Crippen LogP contribution in [0, 0.1) is 46.9 Å². The van der Waals surface area contributed by atoms with Crippen LogP contribution in [-0.2, 0) is 14.3 Å². The van der Waals surface area contributed by atoms with Gasteiger partial charge in [-0.15, -0.1) is 24.7 Å². The normalized spacial score (nSPS) is 13.7. The van der Waals surface area contributed by atoms with E-state index in [2.05, 4.69) is 11.8 Å². The SMILES string of the molecule is C#CC(C)CC(C)(C)C(=O)OC(=O)C(C)(C)CC(C)(C)C#C. The number of ether oxygens (including phenoxy) is 1. The maximum absolute atomic E-state index is 12.3.